The lowest BCUT2D eigenvalue weighted by Crippen LogP contribution is -1.98. The van der Waals surface area contributed by atoms with Crippen LogP contribution in [0.3, 0.4) is 0 Å². The maximum absolute atomic E-state index is 6.03. The van der Waals surface area contributed by atoms with Crippen molar-refractivity contribution in [3.05, 3.63) is 60.9 Å². The third-order valence-corrected chi connectivity index (χ3v) is 4.24. The quantitative estimate of drug-likeness (QED) is 0.541. The summed E-state index contributed by atoms with van der Waals surface area (Å²) in [7, 11) is 1.85. The van der Waals surface area contributed by atoms with E-state index in [1.54, 1.807) is 17.1 Å². The Labute approximate surface area is 148 Å². The molecule has 0 saturated heterocycles. The number of rotatable bonds is 3. The molecule has 5 aromatic rings. The SMILES string of the molecule is Cn1ncc2c(Oc3ccccc3)nc(-c3cccc4[nH]ncc34)nc21. The smallest absolute Gasteiger partial charge is 0.234 e. The number of aromatic amines is 1. The Morgan fingerprint density at radius 2 is 1.81 bits per heavy atom. The van der Waals surface area contributed by atoms with Gasteiger partial charge in [0.25, 0.3) is 0 Å². The summed E-state index contributed by atoms with van der Waals surface area (Å²) in [6.07, 6.45) is 3.50. The van der Waals surface area contributed by atoms with Gasteiger partial charge in [-0.2, -0.15) is 15.2 Å². The number of nitrogens with one attached hydrogen (secondary N) is 1. The van der Waals surface area contributed by atoms with Gasteiger partial charge in [0.1, 0.15) is 11.1 Å². The van der Waals surface area contributed by atoms with E-state index in [9.17, 15) is 0 Å². The molecule has 3 aromatic heterocycles. The van der Waals surface area contributed by atoms with Crippen molar-refractivity contribution in [1.82, 2.24) is 29.9 Å². The summed E-state index contributed by atoms with van der Waals surface area (Å²) in [6.45, 7) is 0. The van der Waals surface area contributed by atoms with E-state index >= 15 is 0 Å². The van der Waals surface area contributed by atoms with Crippen LogP contribution in [0.25, 0.3) is 33.3 Å². The molecule has 3 heterocycles. The molecule has 7 nitrogen and oxygen atoms in total. The molecule has 26 heavy (non-hydrogen) atoms. The zero-order chi connectivity index (χ0) is 17.5. The molecule has 126 valence electrons. The van der Waals surface area contributed by atoms with Gasteiger partial charge in [0.2, 0.25) is 5.88 Å². The van der Waals surface area contributed by atoms with Crippen molar-refractivity contribution in [3.8, 4) is 23.0 Å². The maximum atomic E-state index is 6.03. The lowest BCUT2D eigenvalue weighted by atomic mass is 10.1. The van der Waals surface area contributed by atoms with Gasteiger partial charge in [0.05, 0.1) is 17.9 Å². The molecule has 5 rings (SSSR count). The van der Waals surface area contributed by atoms with E-state index in [-0.39, 0.29) is 0 Å². The first-order chi connectivity index (χ1) is 12.8. The van der Waals surface area contributed by atoms with Crippen LogP contribution in [0.5, 0.6) is 11.6 Å². The Hall–Kier alpha value is -3.74. The van der Waals surface area contributed by atoms with Crippen molar-refractivity contribution in [3.63, 3.8) is 0 Å². The summed E-state index contributed by atoms with van der Waals surface area (Å²) in [4.78, 5) is 9.39. The third kappa shape index (κ3) is 2.29. The number of aryl methyl sites for hydroxylation is 1. The van der Waals surface area contributed by atoms with Crippen molar-refractivity contribution in [2.45, 2.75) is 0 Å². The Kier molecular flexibility index (Phi) is 3.18. The van der Waals surface area contributed by atoms with Gasteiger partial charge in [-0.1, -0.05) is 30.3 Å². The molecule has 0 unspecified atom stereocenters. The van der Waals surface area contributed by atoms with E-state index in [2.05, 4.69) is 20.3 Å². The van der Waals surface area contributed by atoms with E-state index < -0.39 is 0 Å². The minimum absolute atomic E-state index is 0.477. The van der Waals surface area contributed by atoms with Crippen LogP contribution in [-0.2, 0) is 7.05 Å². The summed E-state index contributed by atoms with van der Waals surface area (Å²) in [6, 6.07) is 15.5. The molecule has 0 fully saturated rings. The van der Waals surface area contributed by atoms with Gasteiger partial charge in [-0.25, -0.2) is 4.98 Å². The topological polar surface area (TPSA) is 81.5 Å². The third-order valence-electron chi connectivity index (χ3n) is 4.24. The molecule has 0 saturated carbocycles. The Morgan fingerprint density at radius 1 is 0.923 bits per heavy atom. The van der Waals surface area contributed by atoms with Crippen LogP contribution in [0.1, 0.15) is 0 Å². The molecule has 0 bridgehead atoms. The molecule has 0 aliphatic rings. The summed E-state index contributed by atoms with van der Waals surface area (Å²) in [5.74, 6) is 1.76. The van der Waals surface area contributed by atoms with Crippen LogP contribution in [0.4, 0.5) is 0 Å². The van der Waals surface area contributed by atoms with Crippen LogP contribution in [0.2, 0.25) is 0 Å². The van der Waals surface area contributed by atoms with Crippen molar-refractivity contribution >= 4 is 21.9 Å². The van der Waals surface area contributed by atoms with Gasteiger partial charge in [-0.3, -0.25) is 9.78 Å². The van der Waals surface area contributed by atoms with Crippen molar-refractivity contribution < 1.29 is 4.74 Å². The van der Waals surface area contributed by atoms with E-state index in [0.717, 1.165) is 21.9 Å². The van der Waals surface area contributed by atoms with E-state index in [1.165, 1.54) is 0 Å². The van der Waals surface area contributed by atoms with Crippen LogP contribution >= 0.6 is 0 Å². The fraction of sp³-hybridized carbons (Fsp3) is 0.0526. The fourth-order valence-electron chi connectivity index (χ4n) is 2.96. The zero-order valence-corrected chi connectivity index (χ0v) is 13.9. The van der Waals surface area contributed by atoms with Gasteiger partial charge in [0, 0.05) is 18.0 Å². The predicted molar refractivity (Wildman–Crippen MR) is 97.9 cm³/mol. The van der Waals surface area contributed by atoms with Crippen molar-refractivity contribution in [1.29, 1.82) is 0 Å². The predicted octanol–water partition coefficient (Wildman–Crippen LogP) is 3.70. The second-order valence-corrected chi connectivity index (χ2v) is 5.91. The Balaban J connectivity index is 1.74. The van der Waals surface area contributed by atoms with Crippen LogP contribution in [0, 0.1) is 0 Å². The normalized spacial score (nSPS) is 11.3. The first-order valence-corrected chi connectivity index (χ1v) is 8.15. The molecule has 2 aromatic carbocycles. The zero-order valence-electron chi connectivity index (χ0n) is 13.9. The molecule has 0 spiro atoms. The Bertz CT molecular complexity index is 1220. The van der Waals surface area contributed by atoms with Crippen molar-refractivity contribution in [2.24, 2.45) is 7.05 Å². The number of fused-ring (bicyclic) bond motifs is 2. The van der Waals surface area contributed by atoms with Crippen molar-refractivity contribution in [2.75, 3.05) is 0 Å². The number of hydrogen-bond donors (Lipinski definition) is 1. The first-order valence-electron chi connectivity index (χ1n) is 8.15. The highest BCUT2D eigenvalue weighted by Gasteiger charge is 2.16. The van der Waals surface area contributed by atoms with Crippen LogP contribution < -0.4 is 4.74 Å². The molecule has 0 aliphatic heterocycles. The lowest BCUT2D eigenvalue weighted by Gasteiger charge is -2.09. The van der Waals surface area contributed by atoms with Gasteiger partial charge in [-0.05, 0) is 18.2 Å². The highest BCUT2D eigenvalue weighted by molar-refractivity contribution is 5.93. The second kappa shape index (κ2) is 5.66. The molecular formula is C19H14N6O. The van der Waals surface area contributed by atoms with E-state index in [4.69, 9.17) is 9.72 Å². The summed E-state index contributed by atoms with van der Waals surface area (Å²) >= 11 is 0. The number of H-pyrrole nitrogens is 1. The van der Waals surface area contributed by atoms with Gasteiger partial charge in [0.15, 0.2) is 11.5 Å². The van der Waals surface area contributed by atoms with Crippen LogP contribution in [-0.4, -0.2) is 29.9 Å². The molecule has 1 N–H and O–H groups in total. The number of para-hydroxylation sites is 1. The highest BCUT2D eigenvalue weighted by atomic mass is 16.5. The first kappa shape index (κ1) is 14.6. The van der Waals surface area contributed by atoms with Gasteiger partial charge >= 0.3 is 0 Å². The van der Waals surface area contributed by atoms with E-state index in [1.807, 2.05) is 55.6 Å². The average Bonchev–Trinajstić information content (AvgIpc) is 3.29. The molecular weight excluding hydrogens is 328 g/mol. The largest absolute Gasteiger partial charge is 0.438 e. The molecule has 0 aliphatic carbocycles. The minimum atomic E-state index is 0.477. The minimum Gasteiger partial charge on any atom is -0.438 e. The number of hydrogen-bond acceptors (Lipinski definition) is 5. The van der Waals surface area contributed by atoms with E-state index in [0.29, 0.717) is 23.1 Å². The number of nitrogens with zero attached hydrogens (tertiary/aromatic N) is 5. The average molecular weight is 342 g/mol. The number of ether oxygens (including phenoxy) is 1. The summed E-state index contributed by atoms with van der Waals surface area (Å²) in [5, 5.41) is 13.1. The molecule has 7 heteroatoms. The molecule has 0 amide bonds. The highest BCUT2D eigenvalue weighted by Crippen LogP contribution is 2.32. The summed E-state index contributed by atoms with van der Waals surface area (Å²) in [5.41, 5.74) is 2.53. The summed E-state index contributed by atoms with van der Waals surface area (Å²) < 4.78 is 7.75. The number of aromatic nitrogens is 6. The number of benzene rings is 2. The molecule has 0 radical (unpaired) electrons. The van der Waals surface area contributed by atoms with Gasteiger partial charge in [-0.15, -0.1) is 0 Å². The maximum Gasteiger partial charge on any atom is 0.234 e. The standard InChI is InChI=1S/C19H14N6O/c1-25-18-15(11-21-25)19(26-12-6-3-2-4-7-12)23-17(22-18)13-8-5-9-16-14(13)10-20-24-16/h2-11H,1H3,(H,20,24). The van der Waals surface area contributed by atoms with Gasteiger partial charge < -0.3 is 4.74 Å². The fourth-order valence-corrected chi connectivity index (χ4v) is 2.96. The Morgan fingerprint density at radius 3 is 2.69 bits per heavy atom. The van der Waals surface area contributed by atoms with Crippen LogP contribution in [0.15, 0.2) is 60.9 Å². The molecule has 0 atom stereocenters. The lowest BCUT2D eigenvalue weighted by molar-refractivity contribution is 0.469. The second-order valence-electron chi connectivity index (χ2n) is 5.91. The monoisotopic (exact) mass is 342 g/mol.